The van der Waals surface area contributed by atoms with Crippen LogP contribution in [0.2, 0.25) is 0 Å². The SMILES string of the molecule is COP(=O)(OC)C(c1ccccc1)(c1ccccc1)c1ccncc1. The Hall–Kier alpha value is -2.26. The molecule has 0 bridgehead atoms. The third-order valence-electron chi connectivity index (χ3n) is 4.37. The maximum atomic E-state index is 13.9. The lowest BCUT2D eigenvalue weighted by atomic mass is 9.84. The first-order valence-corrected chi connectivity index (χ1v) is 9.46. The fourth-order valence-electron chi connectivity index (χ4n) is 3.27. The molecule has 5 heteroatoms. The molecule has 3 aromatic rings. The van der Waals surface area contributed by atoms with E-state index in [4.69, 9.17) is 9.05 Å². The molecule has 0 aliphatic carbocycles. The van der Waals surface area contributed by atoms with Crippen LogP contribution < -0.4 is 0 Å². The summed E-state index contributed by atoms with van der Waals surface area (Å²) in [6.07, 6.45) is 3.37. The topological polar surface area (TPSA) is 48.4 Å². The maximum Gasteiger partial charge on any atom is 0.349 e. The van der Waals surface area contributed by atoms with Crippen molar-refractivity contribution in [3.8, 4) is 0 Å². The number of aromatic nitrogens is 1. The van der Waals surface area contributed by atoms with E-state index in [2.05, 4.69) is 4.98 Å². The summed E-state index contributed by atoms with van der Waals surface area (Å²) < 4.78 is 25.0. The van der Waals surface area contributed by atoms with Crippen LogP contribution in [-0.2, 0) is 18.8 Å². The van der Waals surface area contributed by atoms with E-state index in [9.17, 15) is 4.57 Å². The Morgan fingerprint density at radius 2 is 1.12 bits per heavy atom. The fraction of sp³-hybridized carbons (Fsp3) is 0.150. The van der Waals surface area contributed by atoms with Crippen molar-refractivity contribution in [1.29, 1.82) is 0 Å². The van der Waals surface area contributed by atoms with Crippen molar-refractivity contribution in [1.82, 2.24) is 4.98 Å². The van der Waals surface area contributed by atoms with E-state index in [1.54, 1.807) is 12.4 Å². The standard InChI is InChI=1S/C20H20NO3P/c1-23-25(22,24-2)20(17-9-5-3-6-10-17,18-11-7-4-8-12-18)19-13-15-21-16-14-19/h3-16H,1-2H3. The summed E-state index contributed by atoms with van der Waals surface area (Å²) in [6, 6.07) is 23.0. The van der Waals surface area contributed by atoms with Gasteiger partial charge < -0.3 is 9.05 Å². The van der Waals surface area contributed by atoms with E-state index < -0.39 is 12.8 Å². The van der Waals surface area contributed by atoms with Crippen LogP contribution in [0, 0.1) is 0 Å². The molecule has 0 amide bonds. The van der Waals surface area contributed by atoms with Crippen molar-refractivity contribution in [2.24, 2.45) is 0 Å². The highest BCUT2D eigenvalue weighted by atomic mass is 31.2. The first kappa shape index (κ1) is 17.6. The summed E-state index contributed by atoms with van der Waals surface area (Å²) in [5.74, 6) is 0. The molecule has 0 atom stereocenters. The minimum absolute atomic E-state index is 0.798. The molecule has 0 spiro atoms. The minimum Gasteiger partial charge on any atom is -0.311 e. The summed E-state index contributed by atoms with van der Waals surface area (Å²) in [6.45, 7) is 0. The molecule has 0 saturated carbocycles. The lowest BCUT2D eigenvalue weighted by molar-refractivity contribution is 0.259. The van der Waals surface area contributed by atoms with Gasteiger partial charge in [-0.15, -0.1) is 0 Å². The molecule has 0 fully saturated rings. The average Bonchev–Trinajstić information content (AvgIpc) is 2.71. The highest BCUT2D eigenvalue weighted by molar-refractivity contribution is 7.55. The molecule has 0 aliphatic heterocycles. The van der Waals surface area contributed by atoms with Crippen LogP contribution in [-0.4, -0.2) is 19.2 Å². The Morgan fingerprint density at radius 1 is 0.720 bits per heavy atom. The van der Waals surface area contributed by atoms with Crippen molar-refractivity contribution in [3.63, 3.8) is 0 Å². The number of hydrogen-bond donors (Lipinski definition) is 0. The summed E-state index contributed by atoms with van der Waals surface area (Å²) in [5, 5.41) is -1.10. The lowest BCUT2D eigenvalue weighted by Gasteiger charge is -2.39. The van der Waals surface area contributed by atoms with Gasteiger partial charge in [0.25, 0.3) is 0 Å². The molecule has 0 unspecified atom stereocenters. The monoisotopic (exact) mass is 353 g/mol. The first-order valence-electron chi connectivity index (χ1n) is 7.92. The predicted molar refractivity (Wildman–Crippen MR) is 98.6 cm³/mol. The molecular weight excluding hydrogens is 333 g/mol. The molecule has 1 aromatic heterocycles. The number of hydrogen-bond acceptors (Lipinski definition) is 4. The van der Waals surface area contributed by atoms with Crippen LogP contribution >= 0.6 is 7.60 Å². The second-order valence-corrected chi connectivity index (χ2v) is 7.94. The zero-order valence-electron chi connectivity index (χ0n) is 14.2. The zero-order valence-corrected chi connectivity index (χ0v) is 15.1. The van der Waals surface area contributed by atoms with Gasteiger partial charge in [0.2, 0.25) is 0 Å². The van der Waals surface area contributed by atoms with Crippen molar-refractivity contribution >= 4 is 7.60 Å². The third-order valence-corrected chi connectivity index (χ3v) is 6.93. The second kappa shape index (κ2) is 7.32. The molecule has 128 valence electrons. The van der Waals surface area contributed by atoms with Crippen LogP contribution in [0.4, 0.5) is 0 Å². The van der Waals surface area contributed by atoms with Gasteiger partial charge in [0.1, 0.15) is 5.16 Å². The molecule has 0 radical (unpaired) electrons. The summed E-state index contributed by atoms with van der Waals surface area (Å²) in [7, 11) is -0.770. The number of pyridine rings is 1. The van der Waals surface area contributed by atoms with Gasteiger partial charge in [-0.3, -0.25) is 9.55 Å². The quantitative estimate of drug-likeness (QED) is 0.594. The minimum atomic E-state index is -3.62. The third kappa shape index (κ3) is 2.83. The molecule has 1 heterocycles. The molecule has 3 rings (SSSR count). The smallest absolute Gasteiger partial charge is 0.311 e. The van der Waals surface area contributed by atoms with E-state index in [1.165, 1.54) is 14.2 Å². The van der Waals surface area contributed by atoms with Gasteiger partial charge >= 0.3 is 7.60 Å². The average molecular weight is 353 g/mol. The molecular formula is C20H20NO3P. The Bertz CT molecular complexity index is 749. The fourth-order valence-corrected chi connectivity index (χ4v) is 5.37. The second-order valence-electron chi connectivity index (χ2n) is 5.54. The van der Waals surface area contributed by atoms with Crippen molar-refractivity contribution < 1.29 is 13.6 Å². The van der Waals surface area contributed by atoms with E-state index in [-0.39, 0.29) is 0 Å². The first-order chi connectivity index (χ1) is 12.2. The van der Waals surface area contributed by atoms with Crippen LogP contribution in [0.15, 0.2) is 85.2 Å². The van der Waals surface area contributed by atoms with Gasteiger partial charge in [0.05, 0.1) is 0 Å². The van der Waals surface area contributed by atoms with Crippen molar-refractivity contribution in [2.75, 3.05) is 14.2 Å². The summed E-state index contributed by atoms with van der Waals surface area (Å²) in [4.78, 5) is 4.11. The Kier molecular flexibility index (Phi) is 5.14. The Balaban J connectivity index is 2.47. The van der Waals surface area contributed by atoms with Crippen LogP contribution in [0.3, 0.4) is 0 Å². The Morgan fingerprint density at radius 3 is 1.52 bits per heavy atom. The van der Waals surface area contributed by atoms with E-state index in [1.807, 2.05) is 72.8 Å². The van der Waals surface area contributed by atoms with Crippen LogP contribution in [0.25, 0.3) is 0 Å². The van der Waals surface area contributed by atoms with Crippen LogP contribution in [0.1, 0.15) is 16.7 Å². The molecule has 0 N–H and O–H groups in total. The molecule has 0 saturated heterocycles. The van der Waals surface area contributed by atoms with Crippen molar-refractivity contribution in [2.45, 2.75) is 5.16 Å². The number of benzene rings is 2. The van der Waals surface area contributed by atoms with E-state index >= 15 is 0 Å². The van der Waals surface area contributed by atoms with Gasteiger partial charge in [-0.2, -0.15) is 0 Å². The summed E-state index contributed by atoms with van der Waals surface area (Å²) in [5.41, 5.74) is 2.46. The van der Waals surface area contributed by atoms with Gasteiger partial charge in [-0.25, -0.2) is 0 Å². The van der Waals surface area contributed by atoms with Crippen molar-refractivity contribution in [3.05, 3.63) is 102 Å². The molecule has 0 aliphatic rings. The lowest BCUT2D eigenvalue weighted by Crippen LogP contribution is -2.31. The van der Waals surface area contributed by atoms with Gasteiger partial charge in [0.15, 0.2) is 0 Å². The van der Waals surface area contributed by atoms with Gasteiger partial charge in [-0.1, -0.05) is 60.7 Å². The Labute approximate surface area is 148 Å². The van der Waals surface area contributed by atoms with Crippen LogP contribution in [0.5, 0.6) is 0 Å². The maximum absolute atomic E-state index is 13.9. The van der Waals surface area contributed by atoms with E-state index in [0.29, 0.717) is 0 Å². The largest absolute Gasteiger partial charge is 0.349 e. The molecule has 2 aromatic carbocycles. The number of rotatable bonds is 6. The molecule has 25 heavy (non-hydrogen) atoms. The van der Waals surface area contributed by atoms with Gasteiger partial charge in [-0.05, 0) is 28.8 Å². The zero-order chi connectivity index (χ0) is 17.8. The predicted octanol–water partition coefficient (Wildman–Crippen LogP) is 4.86. The van der Waals surface area contributed by atoms with Gasteiger partial charge in [0, 0.05) is 26.6 Å². The normalized spacial score (nSPS) is 12.1. The highest BCUT2D eigenvalue weighted by Gasteiger charge is 2.54. The molecule has 4 nitrogen and oxygen atoms in total. The van der Waals surface area contributed by atoms with E-state index in [0.717, 1.165) is 16.7 Å². The summed E-state index contributed by atoms with van der Waals surface area (Å²) >= 11 is 0. The highest BCUT2D eigenvalue weighted by Crippen LogP contribution is 2.69. The number of nitrogens with zero attached hydrogens (tertiary/aromatic N) is 1.